The third-order valence-corrected chi connectivity index (χ3v) is 17.2. The lowest BCUT2D eigenvalue weighted by molar-refractivity contribution is -0.144. The fraction of sp³-hybridized carbons (Fsp3) is 0.500. The van der Waals surface area contributed by atoms with Crippen molar-refractivity contribution in [3.63, 3.8) is 0 Å². The lowest BCUT2D eigenvalue weighted by Gasteiger charge is -2.35. The first-order valence-electron chi connectivity index (χ1n) is 32.0. The number of carbonyl (C=O) groups excluding carboxylic acids is 4. The van der Waals surface area contributed by atoms with Crippen molar-refractivity contribution in [2.75, 3.05) is 124 Å². The second-order valence-electron chi connectivity index (χ2n) is 24.3. The van der Waals surface area contributed by atoms with Gasteiger partial charge in [0, 0.05) is 106 Å². The van der Waals surface area contributed by atoms with Crippen LogP contribution in [0.15, 0.2) is 115 Å². The number of aryl methyl sites for hydroxylation is 2. The molecular formula is C70H93N9O11S. The molecule has 3 aromatic carbocycles. The summed E-state index contributed by atoms with van der Waals surface area (Å²) in [5.74, 6) is -0.699. The van der Waals surface area contributed by atoms with Gasteiger partial charge in [0.25, 0.3) is 5.91 Å². The first-order valence-corrected chi connectivity index (χ1v) is 32.9. The first-order chi connectivity index (χ1) is 44.2. The van der Waals surface area contributed by atoms with Gasteiger partial charge >= 0.3 is 0 Å². The molecule has 4 N–H and O–H groups in total. The number of unbranched alkanes of at least 4 members (excludes halogenated alkanes) is 3. The van der Waals surface area contributed by atoms with E-state index in [-0.39, 0.29) is 51.1 Å². The predicted molar refractivity (Wildman–Crippen MR) is 353 cm³/mol. The summed E-state index contributed by atoms with van der Waals surface area (Å²) in [7, 11) is 0. The second-order valence-corrected chi connectivity index (χ2v) is 25.2. The molecule has 5 heterocycles. The Morgan fingerprint density at radius 3 is 1.99 bits per heavy atom. The molecule has 0 saturated carbocycles. The number of aliphatic hydroxyl groups is 1. The molecule has 8 rings (SSSR count). The van der Waals surface area contributed by atoms with Crippen molar-refractivity contribution < 1.29 is 52.7 Å². The van der Waals surface area contributed by atoms with Gasteiger partial charge in [-0.25, -0.2) is 9.97 Å². The van der Waals surface area contributed by atoms with E-state index < -0.39 is 35.4 Å². The van der Waals surface area contributed by atoms with Gasteiger partial charge in [-0.1, -0.05) is 76.1 Å². The number of nitrogens with one attached hydrogen (secondary N) is 3. The molecule has 2 fully saturated rings. The Bertz CT molecular complexity index is 3180. The third-order valence-electron chi connectivity index (χ3n) is 16.1. The van der Waals surface area contributed by atoms with E-state index in [4.69, 9.17) is 33.4 Å². The maximum atomic E-state index is 14.0. The Hall–Kier alpha value is -6.89. The summed E-state index contributed by atoms with van der Waals surface area (Å²) < 4.78 is 33.8. The number of aliphatic hydroxyl groups excluding tert-OH is 1. The van der Waals surface area contributed by atoms with Crippen LogP contribution in [0.4, 0.5) is 5.69 Å². The number of nitrogens with zero attached hydrogens (tertiary/aromatic N) is 6. The van der Waals surface area contributed by atoms with E-state index >= 15 is 0 Å². The summed E-state index contributed by atoms with van der Waals surface area (Å²) in [6.45, 7) is 20.6. The topological polar surface area (TPSA) is 228 Å². The molecule has 2 saturated heterocycles. The largest absolute Gasteiger partial charge is 0.391 e. The van der Waals surface area contributed by atoms with Crippen LogP contribution in [0, 0.1) is 19.3 Å². The lowest BCUT2D eigenvalue weighted by atomic mass is 9.85. The molecule has 0 spiro atoms. The van der Waals surface area contributed by atoms with Crippen molar-refractivity contribution >= 4 is 40.7 Å². The van der Waals surface area contributed by atoms with Crippen LogP contribution in [-0.2, 0) is 62.3 Å². The zero-order chi connectivity index (χ0) is 64.2. The van der Waals surface area contributed by atoms with Crippen LogP contribution in [-0.4, -0.2) is 195 Å². The van der Waals surface area contributed by atoms with Gasteiger partial charge in [0.2, 0.25) is 17.7 Å². The molecule has 2 aliphatic rings. The third kappa shape index (κ3) is 23.3. The quantitative estimate of drug-likeness (QED) is 0.0269. The normalized spacial score (nSPS) is 15.8. The number of hydrogen-bond donors (Lipinski definition) is 4. The van der Waals surface area contributed by atoms with Crippen LogP contribution < -0.4 is 16.0 Å². The number of hydrogen-bond acceptors (Lipinski definition) is 17. The number of piperazine rings is 1. The molecule has 0 aliphatic carbocycles. The van der Waals surface area contributed by atoms with Gasteiger partial charge in [-0.2, -0.15) is 0 Å². The average molecular weight is 1270 g/mol. The minimum absolute atomic E-state index is 0.00787. The number of amides is 4. The summed E-state index contributed by atoms with van der Waals surface area (Å²) in [5, 5.41) is 21.5. The van der Waals surface area contributed by atoms with E-state index in [2.05, 4.69) is 73.1 Å². The Morgan fingerprint density at radius 2 is 1.34 bits per heavy atom. The van der Waals surface area contributed by atoms with E-state index in [0.29, 0.717) is 70.7 Å². The van der Waals surface area contributed by atoms with Crippen LogP contribution in [0.1, 0.15) is 96.9 Å². The molecule has 0 unspecified atom stereocenters. The van der Waals surface area contributed by atoms with Gasteiger partial charge in [-0.3, -0.25) is 29.1 Å². The number of aromatic nitrogens is 3. The summed E-state index contributed by atoms with van der Waals surface area (Å²) in [6.07, 6.45) is 9.66. The van der Waals surface area contributed by atoms with E-state index in [0.717, 1.165) is 97.9 Å². The molecule has 3 atom stereocenters. The second kappa shape index (κ2) is 37.0. The number of β-amino-alcohol motifs (C(OH)–C–C–N with tert-alkyl or cyclic N) is 1. The number of rotatable bonds is 37. The van der Waals surface area contributed by atoms with Crippen molar-refractivity contribution in [1.82, 2.24) is 40.3 Å². The van der Waals surface area contributed by atoms with Crippen LogP contribution in [0.3, 0.4) is 0 Å². The molecule has 0 radical (unpaired) electrons. The smallest absolute Gasteiger partial charge is 0.255 e. The number of pyridine rings is 1. The van der Waals surface area contributed by atoms with Crippen molar-refractivity contribution in [2.24, 2.45) is 5.41 Å². The summed E-state index contributed by atoms with van der Waals surface area (Å²) in [6, 6.07) is 27.9. The minimum Gasteiger partial charge on any atom is -0.391 e. The molecule has 3 aromatic heterocycles. The zero-order valence-electron chi connectivity index (χ0n) is 53.7. The van der Waals surface area contributed by atoms with Gasteiger partial charge in [-0.15, -0.1) is 11.3 Å². The first kappa shape index (κ1) is 70.0. The number of benzene rings is 3. The van der Waals surface area contributed by atoms with Crippen molar-refractivity contribution in [2.45, 2.75) is 104 Å². The molecule has 21 heteroatoms. The van der Waals surface area contributed by atoms with E-state index in [1.165, 1.54) is 33.7 Å². The van der Waals surface area contributed by atoms with Crippen LogP contribution in [0.25, 0.3) is 21.7 Å². The zero-order valence-corrected chi connectivity index (χ0v) is 54.5. The standard InChI is InChI=1S/C70H93N9O11S/c1-51-12-21-59(43-58(51)44-63-72-25-22-61(75-63)57-11-10-24-71-47-57)74-67(82)56-19-15-54(16-20-56)48-78-29-27-77(28-30-78)26-8-6-7-9-31-85-32-33-86-34-35-87-36-37-88-38-39-89-40-41-90-50-64(81)76-66(70(3,4)5)69(84)79-49-60(80)45-62(79)68(83)73-46-53-13-17-55(18-14-53)65-52(2)23-42-91-65/h10-25,42-43,47,60,62,66,80H,6-9,26-41,44-46,48-50H2,1-5H3,(H,73,83)(H,74,82)(H,76,81)/t60-,62+,66-/m1/s1. The Morgan fingerprint density at radius 1 is 0.692 bits per heavy atom. The highest BCUT2D eigenvalue weighted by atomic mass is 32.1. The lowest BCUT2D eigenvalue weighted by Crippen LogP contribution is -2.58. The number of ether oxygens (including phenoxy) is 6. The highest BCUT2D eigenvalue weighted by Gasteiger charge is 2.44. The van der Waals surface area contributed by atoms with Gasteiger partial charge in [-0.05, 0) is 126 Å². The van der Waals surface area contributed by atoms with Gasteiger partial charge in [0.15, 0.2) is 0 Å². The highest BCUT2D eigenvalue weighted by molar-refractivity contribution is 7.13. The van der Waals surface area contributed by atoms with Crippen molar-refractivity contribution in [1.29, 1.82) is 0 Å². The van der Waals surface area contributed by atoms with Gasteiger partial charge < -0.3 is 59.3 Å². The molecule has 0 bridgehead atoms. The molecule has 4 amide bonds. The Kier molecular flexibility index (Phi) is 28.4. The van der Waals surface area contributed by atoms with E-state index in [1.807, 2.05) is 93.6 Å². The summed E-state index contributed by atoms with van der Waals surface area (Å²) >= 11 is 1.68. The fourth-order valence-corrected chi connectivity index (χ4v) is 11.8. The molecule has 6 aromatic rings. The monoisotopic (exact) mass is 1270 g/mol. The number of likely N-dealkylation sites (tertiary alicyclic amines) is 1. The summed E-state index contributed by atoms with van der Waals surface area (Å²) in [5.41, 5.74) is 9.04. The average Bonchev–Trinajstić information content (AvgIpc) is 1.93. The Balaban J connectivity index is 0.565. The number of thiophene rings is 1. The van der Waals surface area contributed by atoms with Crippen molar-refractivity contribution in [3.8, 4) is 21.7 Å². The van der Waals surface area contributed by atoms with Crippen LogP contribution >= 0.6 is 11.3 Å². The number of carbonyl (C=O) groups is 4. The van der Waals surface area contributed by atoms with Crippen molar-refractivity contribution in [3.05, 3.63) is 154 Å². The maximum Gasteiger partial charge on any atom is 0.255 e. The minimum atomic E-state index is -0.956. The summed E-state index contributed by atoms with van der Waals surface area (Å²) in [4.78, 5) is 74.8. The highest BCUT2D eigenvalue weighted by Crippen LogP contribution is 2.30. The van der Waals surface area contributed by atoms with E-state index in [9.17, 15) is 24.3 Å². The van der Waals surface area contributed by atoms with Gasteiger partial charge in [0.05, 0.1) is 77.9 Å². The van der Waals surface area contributed by atoms with E-state index in [1.54, 1.807) is 29.9 Å². The molecule has 91 heavy (non-hydrogen) atoms. The molecule has 2 aliphatic heterocycles. The Labute approximate surface area is 540 Å². The van der Waals surface area contributed by atoms with Crippen LogP contribution in [0.2, 0.25) is 0 Å². The SMILES string of the molecule is Cc1ccc(NC(=O)c2ccc(CN3CCN(CCCCCCOCCOCCOCCOCCOCCOCC(=O)N[C@H](C(=O)N4C[C@H](O)C[C@H]4C(=O)NCc4ccc(-c5sccc5C)cc4)C(C)(C)C)CC3)cc2)cc1Cc1nccc(-c2cccnc2)n1. The maximum absolute atomic E-state index is 14.0. The number of anilines is 1. The molecular weight excluding hydrogens is 1170 g/mol. The fourth-order valence-electron chi connectivity index (χ4n) is 10.9. The molecule has 490 valence electrons. The molecule has 20 nitrogen and oxygen atoms in total. The predicted octanol–water partition coefficient (Wildman–Crippen LogP) is 8.31. The van der Waals surface area contributed by atoms with Crippen LogP contribution in [0.5, 0.6) is 0 Å². The van der Waals surface area contributed by atoms with Gasteiger partial charge in [0.1, 0.15) is 24.5 Å².